The minimum Gasteiger partial charge on any atom is -0.343 e. The average molecular weight is 303 g/mol. The van der Waals surface area contributed by atoms with Crippen molar-refractivity contribution in [3.05, 3.63) is 11.9 Å². The molecule has 1 aliphatic rings. The topological polar surface area (TPSA) is 56.0 Å². The maximum atomic E-state index is 12.3. The number of hydrogen-bond donors (Lipinski definition) is 0. The van der Waals surface area contributed by atoms with Crippen LogP contribution in [0.15, 0.2) is 6.20 Å². The van der Waals surface area contributed by atoms with Crippen LogP contribution in [0.5, 0.6) is 0 Å². The van der Waals surface area contributed by atoms with E-state index in [2.05, 4.69) is 24.0 Å². The van der Waals surface area contributed by atoms with Crippen molar-refractivity contribution < 1.29 is 4.79 Å². The van der Waals surface area contributed by atoms with E-state index in [0.29, 0.717) is 19.0 Å². The standard InChI is InChI=1S/C16H25N5O/c1-12(2)21-14-11-17-20(16(14)13(3)18-21)10-7-15(22)19-8-5-4-6-9-19/h11-12H,4-10H2,1-3H3. The Bertz CT molecular complexity index is 663. The van der Waals surface area contributed by atoms with Crippen LogP contribution in [-0.4, -0.2) is 43.5 Å². The largest absolute Gasteiger partial charge is 0.343 e. The van der Waals surface area contributed by atoms with E-state index < -0.39 is 0 Å². The van der Waals surface area contributed by atoms with E-state index in [1.807, 2.05) is 27.4 Å². The summed E-state index contributed by atoms with van der Waals surface area (Å²) in [6.07, 6.45) is 5.90. The van der Waals surface area contributed by atoms with Gasteiger partial charge in [0.05, 0.1) is 18.4 Å². The number of piperidine rings is 1. The Morgan fingerprint density at radius 2 is 2.00 bits per heavy atom. The molecule has 0 radical (unpaired) electrons. The highest BCUT2D eigenvalue weighted by molar-refractivity contribution is 5.79. The maximum Gasteiger partial charge on any atom is 0.224 e. The number of amides is 1. The number of likely N-dealkylation sites (tertiary alicyclic amines) is 1. The Morgan fingerprint density at radius 1 is 1.27 bits per heavy atom. The summed E-state index contributed by atoms with van der Waals surface area (Å²) in [7, 11) is 0. The number of carbonyl (C=O) groups is 1. The predicted octanol–water partition coefficient (Wildman–Crippen LogP) is 2.52. The molecular weight excluding hydrogens is 278 g/mol. The van der Waals surface area contributed by atoms with Gasteiger partial charge in [-0.25, -0.2) is 0 Å². The van der Waals surface area contributed by atoms with Crippen molar-refractivity contribution in [3.63, 3.8) is 0 Å². The van der Waals surface area contributed by atoms with Crippen molar-refractivity contribution in [2.45, 2.75) is 59.0 Å². The maximum absolute atomic E-state index is 12.3. The van der Waals surface area contributed by atoms with E-state index >= 15 is 0 Å². The quantitative estimate of drug-likeness (QED) is 0.872. The van der Waals surface area contributed by atoms with Gasteiger partial charge in [-0.1, -0.05) is 0 Å². The number of hydrogen-bond acceptors (Lipinski definition) is 3. The number of nitrogens with zero attached hydrogens (tertiary/aromatic N) is 5. The van der Waals surface area contributed by atoms with Crippen LogP contribution in [0.4, 0.5) is 0 Å². The van der Waals surface area contributed by atoms with E-state index in [9.17, 15) is 4.79 Å². The molecular formula is C16H25N5O. The van der Waals surface area contributed by atoms with Gasteiger partial charge in [-0.05, 0) is 40.0 Å². The fourth-order valence-corrected chi connectivity index (χ4v) is 3.24. The van der Waals surface area contributed by atoms with Crippen molar-refractivity contribution in [3.8, 4) is 0 Å². The molecule has 1 saturated heterocycles. The molecule has 6 heteroatoms. The van der Waals surface area contributed by atoms with Crippen LogP contribution in [0.25, 0.3) is 11.0 Å². The van der Waals surface area contributed by atoms with Gasteiger partial charge in [0.2, 0.25) is 5.91 Å². The first kappa shape index (κ1) is 15.1. The van der Waals surface area contributed by atoms with E-state index in [-0.39, 0.29) is 5.91 Å². The molecule has 1 amide bonds. The lowest BCUT2D eigenvalue weighted by atomic mass is 10.1. The molecule has 22 heavy (non-hydrogen) atoms. The molecule has 120 valence electrons. The first-order valence-electron chi connectivity index (χ1n) is 8.26. The van der Waals surface area contributed by atoms with Gasteiger partial charge in [-0.2, -0.15) is 10.2 Å². The van der Waals surface area contributed by atoms with Gasteiger partial charge < -0.3 is 4.90 Å². The van der Waals surface area contributed by atoms with E-state index in [1.165, 1.54) is 6.42 Å². The third-order valence-corrected chi connectivity index (χ3v) is 4.40. The van der Waals surface area contributed by atoms with Crippen LogP contribution in [0.1, 0.15) is 51.3 Å². The molecule has 0 spiro atoms. The second-order valence-electron chi connectivity index (χ2n) is 6.42. The van der Waals surface area contributed by atoms with Gasteiger partial charge in [0.25, 0.3) is 0 Å². The number of fused-ring (bicyclic) bond motifs is 1. The zero-order valence-corrected chi connectivity index (χ0v) is 13.7. The van der Waals surface area contributed by atoms with Gasteiger partial charge >= 0.3 is 0 Å². The van der Waals surface area contributed by atoms with Gasteiger partial charge in [-0.3, -0.25) is 14.2 Å². The molecule has 0 bridgehead atoms. The highest BCUT2D eigenvalue weighted by Crippen LogP contribution is 2.21. The molecule has 0 atom stereocenters. The lowest BCUT2D eigenvalue weighted by Gasteiger charge is -2.26. The Labute approximate surface area is 131 Å². The number of rotatable bonds is 4. The number of aryl methyl sites for hydroxylation is 2. The van der Waals surface area contributed by atoms with Crippen molar-refractivity contribution >= 4 is 16.9 Å². The first-order chi connectivity index (χ1) is 10.6. The smallest absolute Gasteiger partial charge is 0.224 e. The molecule has 6 nitrogen and oxygen atoms in total. The third-order valence-electron chi connectivity index (χ3n) is 4.40. The summed E-state index contributed by atoms with van der Waals surface area (Å²) in [6.45, 7) is 8.69. The zero-order valence-electron chi connectivity index (χ0n) is 13.7. The molecule has 3 heterocycles. The molecule has 2 aromatic heterocycles. The highest BCUT2D eigenvalue weighted by atomic mass is 16.2. The van der Waals surface area contributed by atoms with Crippen molar-refractivity contribution in [1.82, 2.24) is 24.5 Å². The van der Waals surface area contributed by atoms with Crippen molar-refractivity contribution in [1.29, 1.82) is 0 Å². The van der Waals surface area contributed by atoms with Gasteiger partial charge in [-0.15, -0.1) is 0 Å². The summed E-state index contributed by atoms with van der Waals surface area (Å²) in [4.78, 5) is 14.3. The van der Waals surface area contributed by atoms with Crippen LogP contribution >= 0.6 is 0 Å². The number of aromatic nitrogens is 4. The minimum atomic E-state index is 0.247. The van der Waals surface area contributed by atoms with Crippen LogP contribution < -0.4 is 0 Å². The number of carbonyl (C=O) groups excluding carboxylic acids is 1. The summed E-state index contributed by atoms with van der Waals surface area (Å²) in [5.41, 5.74) is 3.09. The van der Waals surface area contributed by atoms with Gasteiger partial charge in [0.1, 0.15) is 11.0 Å². The van der Waals surface area contributed by atoms with E-state index in [1.54, 1.807) is 0 Å². The lowest BCUT2D eigenvalue weighted by Crippen LogP contribution is -2.36. The van der Waals surface area contributed by atoms with Gasteiger partial charge in [0.15, 0.2) is 0 Å². The molecule has 1 fully saturated rings. The summed E-state index contributed by atoms with van der Waals surface area (Å²) in [5.74, 6) is 0.247. The van der Waals surface area contributed by atoms with Crippen LogP contribution in [-0.2, 0) is 11.3 Å². The normalized spacial score (nSPS) is 15.9. The van der Waals surface area contributed by atoms with E-state index in [4.69, 9.17) is 0 Å². The average Bonchev–Trinajstić information content (AvgIpc) is 3.07. The molecule has 0 aromatic carbocycles. The molecule has 3 rings (SSSR count). The lowest BCUT2D eigenvalue weighted by molar-refractivity contribution is -0.132. The second kappa shape index (κ2) is 6.10. The Hall–Kier alpha value is -1.85. The second-order valence-corrected chi connectivity index (χ2v) is 6.42. The van der Waals surface area contributed by atoms with Crippen molar-refractivity contribution in [2.75, 3.05) is 13.1 Å². The van der Waals surface area contributed by atoms with Crippen molar-refractivity contribution in [2.24, 2.45) is 0 Å². The molecule has 0 N–H and O–H groups in total. The monoisotopic (exact) mass is 303 g/mol. The first-order valence-corrected chi connectivity index (χ1v) is 8.26. The minimum absolute atomic E-state index is 0.247. The fraction of sp³-hybridized carbons (Fsp3) is 0.688. The highest BCUT2D eigenvalue weighted by Gasteiger charge is 2.18. The Kier molecular flexibility index (Phi) is 4.18. The molecule has 0 aliphatic carbocycles. The zero-order chi connectivity index (χ0) is 15.7. The fourth-order valence-electron chi connectivity index (χ4n) is 3.24. The predicted molar refractivity (Wildman–Crippen MR) is 85.7 cm³/mol. The third kappa shape index (κ3) is 2.74. The SMILES string of the molecule is Cc1nn(C(C)C)c2cnn(CCC(=O)N3CCCCC3)c12. The van der Waals surface area contributed by atoms with E-state index in [0.717, 1.165) is 42.7 Å². The Morgan fingerprint density at radius 3 is 2.68 bits per heavy atom. The summed E-state index contributed by atoms with van der Waals surface area (Å²) in [5, 5.41) is 9.05. The summed E-state index contributed by atoms with van der Waals surface area (Å²) >= 11 is 0. The summed E-state index contributed by atoms with van der Waals surface area (Å²) in [6, 6.07) is 0.309. The van der Waals surface area contributed by atoms with Crippen LogP contribution in [0.3, 0.4) is 0 Å². The van der Waals surface area contributed by atoms with Gasteiger partial charge in [0, 0.05) is 25.6 Å². The van der Waals surface area contributed by atoms with Crippen LogP contribution in [0.2, 0.25) is 0 Å². The molecule has 1 aliphatic heterocycles. The van der Waals surface area contributed by atoms with Crippen LogP contribution in [0, 0.1) is 6.92 Å². The summed E-state index contributed by atoms with van der Waals surface area (Å²) < 4.78 is 3.93. The molecule has 0 saturated carbocycles. The Balaban J connectivity index is 1.73. The molecule has 0 unspecified atom stereocenters. The molecule has 2 aromatic rings.